The molecule has 0 amide bonds. The van der Waals surface area contributed by atoms with Crippen LogP contribution in [0, 0.1) is 0 Å². The van der Waals surface area contributed by atoms with Gasteiger partial charge in [0.2, 0.25) is 5.71 Å². The third-order valence-electron chi connectivity index (χ3n) is 9.70. The van der Waals surface area contributed by atoms with E-state index in [9.17, 15) is 0 Å². The zero-order chi connectivity index (χ0) is 30.8. The number of allylic oxidation sites excluding steroid dienone is 8. The molecule has 0 radical (unpaired) electrons. The van der Waals surface area contributed by atoms with E-state index in [4.69, 9.17) is 0 Å². The molecule has 2 fully saturated rings. The molecule has 6 rings (SSSR count). The van der Waals surface area contributed by atoms with Gasteiger partial charge >= 0.3 is 0 Å². The molecule has 0 aromatic heterocycles. The van der Waals surface area contributed by atoms with Gasteiger partial charge in [-0.15, -0.1) is 0 Å². The molecule has 4 aliphatic rings. The lowest BCUT2D eigenvalue weighted by Crippen LogP contribution is -2.42. The van der Waals surface area contributed by atoms with Crippen molar-refractivity contribution in [3.8, 4) is 0 Å². The van der Waals surface area contributed by atoms with Crippen molar-refractivity contribution in [2.45, 2.75) is 57.8 Å². The Morgan fingerprint density at radius 3 is 1.53 bits per heavy atom. The molecule has 0 bridgehead atoms. The Bertz CT molecular complexity index is 1400. The first-order chi connectivity index (χ1) is 20.6. The molecule has 0 atom stereocenters. The summed E-state index contributed by atoms with van der Waals surface area (Å²) in [6.07, 6.45) is 13.2. The second-order valence-corrected chi connectivity index (χ2v) is 13.2. The Balaban J connectivity index is 0.00000118. The van der Waals surface area contributed by atoms with Crippen molar-refractivity contribution in [3.63, 3.8) is 0 Å². The Morgan fingerprint density at radius 2 is 1.12 bits per heavy atom. The first kappa shape index (κ1) is 31.0. The number of benzene rings is 2. The van der Waals surface area contributed by atoms with Crippen molar-refractivity contribution in [3.05, 3.63) is 107 Å². The number of methoxy groups -OCH3 is 1. The number of piperazine rings is 1. The number of ether oxygens (including phenoxy) is 1. The average molecular weight is 580 g/mol. The van der Waals surface area contributed by atoms with Gasteiger partial charge in [-0.25, -0.2) is 4.58 Å². The van der Waals surface area contributed by atoms with Gasteiger partial charge in [0, 0.05) is 73.1 Å². The molecule has 3 aliphatic heterocycles. The average Bonchev–Trinajstić information content (AvgIpc) is 3.33. The second kappa shape index (κ2) is 12.7. The predicted octanol–water partition coefficient (Wildman–Crippen LogP) is 6.97. The lowest BCUT2D eigenvalue weighted by Gasteiger charge is -2.25. The first-order valence-electron chi connectivity index (χ1n) is 15.9. The van der Waals surface area contributed by atoms with Gasteiger partial charge in [-0.05, 0) is 54.7 Å². The van der Waals surface area contributed by atoms with E-state index in [0.29, 0.717) is 0 Å². The van der Waals surface area contributed by atoms with E-state index in [-0.39, 0.29) is 10.8 Å². The summed E-state index contributed by atoms with van der Waals surface area (Å²) < 4.78 is 6.89. The fraction of sp³-hybridized carbons (Fsp3) is 0.447. The highest BCUT2D eigenvalue weighted by Crippen LogP contribution is 2.48. The van der Waals surface area contributed by atoms with Crippen LogP contribution in [0.3, 0.4) is 0 Å². The summed E-state index contributed by atoms with van der Waals surface area (Å²) in [6, 6.07) is 17.7. The number of hydrogen-bond acceptors (Lipinski definition) is 4. The molecule has 1 aliphatic carbocycles. The van der Waals surface area contributed by atoms with Crippen LogP contribution in [0.15, 0.2) is 95.4 Å². The van der Waals surface area contributed by atoms with Gasteiger partial charge in [-0.2, -0.15) is 0 Å². The number of likely N-dealkylation sites (N-methyl/N-ethyl adjacent to an activating group) is 2. The van der Waals surface area contributed by atoms with Gasteiger partial charge in [0.15, 0.2) is 13.1 Å². The maximum absolute atomic E-state index is 4.25. The minimum Gasteiger partial charge on any atom is -0.388 e. The highest BCUT2D eigenvalue weighted by molar-refractivity contribution is 6.10. The second-order valence-electron chi connectivity index (χ2n) is 13.2. The highest BCUT2D eigenvalue weighted by Gasteiger charge is 2.39. The molecule has 3 heterocycles. The number of hydrogen-bond donors (Lipinski definition) is 1. The smallest absolute Gasteiger partial charge is 0.206 e. The molecule has 5 nitrogen and oxygen atoms in total. The fourth-order valence-corrected chi connectivity index (χ4v) is 7.49. The van der Waals surface area contributed by atoms with Gasteiger partial charge in [0.05, 0.1) is 13.1 Å². The van der Waals surface area contributed by atoms with Crippen molar-refractivity contribution in [2.24, 2.45) is 0 Å². The minimum absolute atomic E-state index is 0.0109. The van der Waals surface area contributed by atoms with Crippen LogP contribution in [0.1, 0.15) is 58.1 Å². The Hall–Kier alpha value is -3.41. The van der Waals surface area contributed by atoms with Crippen LogP contribution in [0.5, 0.6) is 0 Å². The summed E-state index contributed by atoms with van der Waals surface area (Å²) in [5.41, 5.74) is 12.6. The maximum Gasteiger partial charge on any atom is 0.206 e. The third kappa shape index (κ3) is 5.77. The van der Waals surface area contributed by atoms with E-state index in [1.807, 2.05) is 0 Å². The summed E-state index contributed by atoms with van der Waals surface area (Å²) >= 11 is 0. The highest BCUT2D eigenvalue weighted by atomic mass is 16.4. The van der Waals surface area contributed by atoms with Crippen LogP contribution in [0.2, 0.25) is 0 Å². The zero-order valence-electron chi connectivity index (χ0n) is 27.6. The van der Waals surface area contributed by atoms with E-state index in [1.165, 1.54) is 57.2 Å². The van der Waals surface area contributed by atoms with E-state index >= 15 is 0 Å². The van der Waals surface area contributed by atoms with Crippen molar-refractivity contribution in [2.75, 3.05) is 64.3 Å². The van der Waals surface area contributed by atoms with E-state index < -0.39 is 0 Å². The molecular weight excluding hydrogens is 528 g/mol. The quantitative estimate of drug-likeness (QED) is 0.390. The van der Waals surface area contributed by atoms with Crippen LogP contribution in [0.25, 0.3) is 0 Å². The van der Waals surface area contributed by atoms with Gasteiger partial charge in [0.25, 0.3) is 0 Å². The maximum atomic E-state index is 4.25. The van der Waals surface area contributed by atoms with Crippen LogP contribution < -0.4 is 15.1 Å². The largest absolute Gasteiger partial charge is 0.388 e. The third-order valence-corrected chi connectivity index (χ3v) is 9.70. The Kier molecular flexibility index (Phi) is 9.15. The summed E-state index contributed by atoms with van der Waals surface area (Å²) in [4.78, 5) is 4.77. The number of nitrogens with zero attached hydrogens (tertiary/aromatic N) is 3. The van der Waals surface area contributed by atoms with Crippen molar-refractivity contribution in [1.29, 1.82) is 0 Å². The molecule has 2 aromatic carbocycles. The standard InChI is InChI=1S/C36H45N4.C2H6O/c1-35(2)28-14-7-9-16-30(28)38(5)32(35)20-18-26-12-11-13-27(34(26)40-24-22-37-23-25-40)19-21-33-36(3,4)29-15-8-10-17-31(29)39(33)6;1-3-2/h7-10,14-21,37H,11-13,22-25H2,1-6H3;1-2H3/q+1;. The zero-order valence-corrected chi connectivity index (χ0v) is 27.6. The number of para-hydroxylation sites is 2. The van der Waals surface area contributed by atoms with Crippen LogP contribution in [-0.2, 0) is 15.6 Å². The summed E-state index contributed by atoms with van der Waals surface area (Å²) in [5, 5.41) is 3.56. The topological polar surface area (TPSA) is 30.8 Å². The van der Waals surface area contributed by atoms with Crippen molar-refractivity contribution >= 4 is 17.1 Å². The molecule has 0 unspecified atom stereocenters. The van der Waals surface area contributed by atoms with Gasteiger partial charge in [-0.3, -0.25) is 0 Å². The molecule has 1 saturated heterocycles. The van der Waals surface area contributed by atoms with E-state index in [2.05, 4.69) is 139 Å². The van der Waals surface area contributed by atoms with Crippen molar-refractivity contribution in [1.82, 2.24) is 5.32 Å². The summed E-state index contributed by atoms with van der Waals surface area (Å²) in [5.74, 6) is 0. The van der Waals surface area contributed by atoms with Gasteiger partial charge in [-0.1, -0.05) is 76.2 Å². The van der Waals surface area contributed by atoms with Crippen LogP contribution in [0.4, 0.5) is 11.4 Å². The minimum atomic E-state index is -0.0109. The molecular formula is C38H51N4O+. The van der Waals surface area contributed by atoms with Crippen molar-refractivity contribution < 1.29 is 9.31 Å². The molecule has 0 spiro atoms. The first-order valence-corrected chi connectivity index (χ1v) is 15.9. The molecule has 1 saturated carbocycles. The molecule has 2 aromatic rings. The van der Waals surface area contributed by atoms with Gasteiger partial charge < -0.3 is 19.9 Å². The monoisotopic (exact) mass is 579 g/mol. The molecule has 43 heavy (non-hydrogen) atoms. The van der Waals surface area contributed by atoms with E-state index in [0.717, 1.165) is 39.0 Å². The SMILES string of the molecule is CN1/C(=C/C=C2\CCC/C(=C\C=C3\N(C)c4ccccc4C3(C)C)C2=[N+]2CCNCC2)C(C)(C)c2ccccc21.COC. The number of nitrogens with one attached hydrogen (secondary N) is 1. The Morgan fingerprint density at radius 1 is 0.698 bits per heavy atom. The van der Waals surface area contributed by atoms with Gasteiger partial charge in [0.1, 0.15) is 0 Å². The summed E-state index contributed by atoms with van der Waals surface area (Å²) in [6.45, 7) is 13.6. The molecule has 5 heteroatoms. The molecule has 228 valence electrons. The van der Waals surface area contributed by atoms with E-state index in [1.54, 1.807) is 14.2 Å². The Labute approximate surface area is 259 Å². The predicted molar refractivity (Wildman–Crippen MR) is 183 cm³/mol. The van der Waals surface area contributed by atoms with Crippen LogP contribution >= 0.6 is 0 Å². The lowest BCUT2D eigenvalue weighted by molar-refractivity contribution is -0.531. The molecule has 1 N–H and O–H groups in total. The number of anilines is 2. The lowest BCUT2D eigenvalue weighted by atomic mass is 9.82. The fourth-order valence-electron chi connectivity index (χ4n) is 7.49. The number of rotatable bonds is 2. The number of fused-ring (bicyclic) bond motifs is 2. The van der Waals surface area contributed by atoms with Crippen LogP contribution in [-0.4, -0.2) is 64.8 Å². The normalized spacial score (nSPS) is 24.5. The summed E-state index contributed by atoms with van der Waals surface area (Å²) in [7, 11) is 7.68.